The molecular formula is C33H50. The van der Waals surface area contributed by atoms with Crippen LogP contribution in [0.1, 0.15) is 134 Å². The highest BCUT2D eigenvalue weighted by Gasteiger charge is 2.52. The number of hydrogen-bond acceptors (Lipinski definition) is 0. The Bertz CT molecular complexity index is 904. The van der Waals surface area contributed by atoms with E-state index in [1.165, 1.54) is 82.6 Å². The fraction of sp³-hybridized carbons (Fsp3) is 0.697. The van der Waals surface area contributed by atoms with Crippen molar-refractivity contribution in [3.05, 3.63) is 58.2 Å². The lowest BCUT2D eigenvalue weighted by Crippen LogP contribution is -2.47. The summed E-state index contributed by atoms with van der Waals surface area (Å²) in [6.45, 7) is 19.6. The monoisotopic (exact) mass is 446 g/mol. The van der Waals surface area contributed by atoms with Crippen molar-refractivity contribution in [2.45, 2.75) is 131 Å². The number of unbranched alkanes of at least 4 members (excludes halogenated alkanes) is 2. The Morgan fingerprint density at radius 1 is 1.03 bits per heavy atom. The second-order valence-electron chi connectivity index (χ2n) is 12.9. The largest absolute Gasteiger partial charge is 0.0990 e. The van der Waals surface area contributed by atoms with Crippen LogP contribution in [0.15, 0.2) is 35.9 Å². The molecule has 0 amide bonds. The minimum absolute atomic E-state index is 0.328. The van der Waals surface area contributed by atoms with E-state index in [2.05, 4.69) is 59.8 Å². The Morgan fingerprint density at radius 2 is 1.76 bits per heavy atom. The molecule has 3 aliphatic rings. The zero-order valence-electron chi connectivity index (χ0n) is 22.7. The van der Waals surface area contributed by atoms with E-state index in [1.54, 1.807) is 27.8 Å². The van der Waals surface area contributed by atoms with Crippen molar-refractivity contribution in [1.82, 2.24) is 0 Å². The van der Waals surface area contributed by atoms with E-state index in [-0.39, 0.29) is 0 Å². The fourth-order valence-corrected chi connectivity index (χ4v) is 7.70. The van der Waals surface area contributed by atoms with E-state index in [0.717, 1.165) is 6.42 Å². The van der Waals surface area contributed by atoms with Crippen LogP contribution in [0.5, 0.6) is 0 Å². The lowest BCUT2D eigenvalue weighted by atomic mass is 9.48. The molecule has 0 bridgehead atoms. The molecule has 0 saturated heterocycles. The number of hydrogen-bond donors (Lipinski definition) is 0. The van der Waals surface area contributed by atoms with Crippen LogP contribution in [-0.4, -0.2) is 0 Å². The Kier molecular flexibility index (Phi) is 7.06. The average Bonchev–Trinajstić information content (AvgIpc) is 3.25. The molecule has 2 unspecified atom stereocenters. The molecule has 1 aromatic carbocycles. The first-order valence-corrected chi connectivity index (χ1v) is 14.2. The SMILES string of the molecule is C=C(Cc1cc(CCCCC)cc2c1C1C=C(C)CCC1(C)C(C)(C)C2)C1(CC)CCCC1. The van der Waals surface area contributed by atoms with E-state index >= 15 is 0 Å². The van der Waals surface area contributed by atoms with Gasteiger partial charge in [0, 0.05) is 5.92 Å². The first-order valence-electron chi connectivity index (χ1n) is 14.2. The van der Waals surface area contributed by atoms with Gasteiger partial charge in [-0.3, -0.25) is 0 Å². The second-order valence-corrected chi connectivity index (χ2v) is 12.9. The zero-order chi connectivity index (χ0) is 23.9. The highest BCUT2D eigenvalue weighted by molar-refractivity contribution is 5.50. The lowest BCUT2D eigenvalue weighted by Gasteiger charge is -2.56. The molecule has 2 atom stereocenters. The van der Waals surface area contributed by atoms with Gasteiger partial charge in [-0.25, -0.2) is 0 Å². The predicted octanol–water partition coefficient (Wildman–Crippen LogP) is 9.90. The Morgan fingerprint density at radius 3 is 2.42 bits per heavy atom. The van der Waals surface area contributed by atoms with Crippen LogP contribution in [0.2, 0.25) is 0 Å². The zero-order valence-corrected chi connectivity index (χ0v) is 22.7. The molecule has 33 heavy (non-hydrogen) atoms. The van der Waals surface area contributed by atoms with Crippen LogP contribution >= 0.6 is 0 Å². The maximum Gasteiger partial charge on any atom is 0.00853 e. The fourth-order valence-electron chi connectivity index (χ4n) is 7.70. The van der Waals surface area contributed by atoms with E-state index < -0.39 is 0 Å². The lowest BCUT2D eigenvalue weighted by molar-refractivity contribution is 0.0418. The summed E-state index contributed by atoms with van der Waals surface area (Å²) in [6.07, 6.45) is 19.5. The first-order chi connectivity index (χ1) is 15.7. The van der Waals surface area contributed by atoms with Crippen molar-refractivity contribution < 1.29 is 0 Å². The van der Waals surface area contributed by atoms with Gasteiger partial charge in [-0.15, -0.1) is 0 Å². The topological polar surface area (TPSA) is 0 Å². The Balaban J connectivity index is 1.80. The summed E-state index contributed by atoms with van der Waals surface area (Å²) in [5, 5.41) is 0. The van der Waals surface area contributed by atoms with Gasteiger partial charge in [-0.2, -0.15) is 0 Å². The second kappa shape index (κ2) is 9.39. The van der Waals surface area contributed by atoms with Crippen LogP contribution < -0.4 is 0 Å². The number of aryl methyl sites for hydroxylation is 1. The van der Waals surface area contributed by atoms with Crippen LogP contribution in [-0.2, 0) is 19.3 Å². The molecular weight excluding hydrogens is 396 g/mol. The third kappa shape index (κ3) is 4.41. The molecule has 0 heteroatoms. The molecule has 0 heterocycles. The van der Waals surface area contributed by atoms with Gasteiger partial charge in [0.25, 0.3) is 0 Å². The van der Waals surface area contributed by atoms with E-state index in [4.69, 9.17) is 6.58 Å². The molecule has 0 aromatic heterocycles. The average molecular weight is 447 g/mol. The number of rotatable bonds is 8. The quantitative estimate of drug-likeness (QED) is 0.275. The van der Waals surface area contributed by atoms with Crippen LogP contribution in [0.25, 0.3) is 0 Å². The predicted molar refractivity (Wildman–Crippen MR) is 145 cm³/mol. The maximum atomic E-state index is 4.78. The molecule has 0 aliphatic heterocycles. The molecule has 3 aliphatic carbocycles. The molecule has 1 aromatic rings. The van der Waals surface area contributed by atoms with Gasteiger partial charge >= 0.3 is 0 Å². The van der Waals surface area contributed by atoms with Crippen molar-refractivity contribution in [2.24, 2.45) is 16.2 Å². The van der Waals surface area contributed by atoms with Gasteiger partial charge in [0.1, 0.15) is 0 Å². The van der Waals surface area contributed by atoms with Crippen molar-refractivity contribution >= 4 is 0 Å². The molecule has 1 fully saturated rings. The Labute approximate surface area is 205 Å². The van der Waals surface area contributed by atoms with Gasteiger partial charge < -0.3 is 0 Å². The summed E-state index contributed by atoms with van der Waals surface area (Å²) >= 11 is 0. The standard InChI is InChI=1S/C33H50/c1-8-10-11-14-26-21-27(20-25(4)33(9-2)16-12-13-17-33)30-28(22-26)23-31(5,6)32(7)18-15-24(3)19-29(30)32/h19,21-22,29H,4,8-18,20,23H2,1-3,5-7H3. The Hall–Kier alpha value is -1.30. The highest BCUT2D eigenvalue weighted by Crippen LogP contribution is 2.61. The van der Waals surface area contributed by atoms with Crippen molar-refractivity contribution in [1.29, 1.82) is 0 Å². The van der Waals surface area contributed by atoms with Crippen LogP contribution in [0, 0.1) is 16.2 Å². The molecule has 0 radical (unpaired) electrons. The van der Waals surface area contributed by atoms with E-state index in [9.17, 15) is 0 Å². The van der Waals surface area contributed by atoms with Gasteiger partial charge in [0.05, 0.1) is 0 Å². The molecule has 0 spiro atoms. The summed E-state index contributed by atoms with van der Waals surface area (Å²) in [7, 11) is 0. The third-order valence-corrected chi connectivity index (χ3v) is 10.5. The summed E-state index contributed by atoms with van der Waals surface area (Å²) in [4.78, 5) is 0. The molecule has 182 valence electrons. The molecule has 0 nitrogen and oxygen atoms in total. The third-order valence-electron chi connectivity index (χ3n) is 10.5. The minimum Gasteiger partial charge on any atom is -0.0990 e. The van der Waals surface area contributed by atoms with Crippen molar-refractivity contribution in [3.63, 3.8) is 0 Å². The molecule has 0 N–H and O–H groups in total. The van der Waals surface area contributed by atoms with E-state index in [0.29, 0.717) is 22.2 Å². The maximum absolute atomic E-state index is 4.78. The van der Waals surface area contributed by atoms with Crippen LogP contribution in [0.3, 0.4) is 0 Å². The van der Waals surface area contributed by atoms with Gasteiger partial charge in [0.2, 0.25) is 0 Å². The van der Waals surface area contributed by atoms with Gasteiger partial charge in [-0.05, 0) is 103 Å². The summed E-state index contributed by atoms with van der Waals surface area (Å²) in [5.74, 6) is 0.554. The first kappa shape index (κ1) is 24.8. The number of fused-ring (bicyclic) bond motifs is 3. The van der Waals surface area contributed by atoms with E-state index in [1.807, 2.05) is 0 Å². The smallest absolute Gasteiger partial charge is 0.00853 e. The summed E-state index contributed by atoms with van der Waals surface area (Å²) in [6, 6.07) is 5.23. The summed E-state index contributed by atoms with van der Waals surface area (Å²) in [5.41, 5.74) is 10.7. The normalized spacial score (nSPS) is 27.6. The van der Waals surface area contributed by atoms with Gasteiger partial charge in [-0.1, -0.05) is 96.2 Å². The number of allylic oxidation sites excluding steroid dienone is 3. The van der Waals surface area contributed by atoms with Crippen molar-refractivity contribution in [3.8, 4) is 0 Å². The van der Waals surface area contributed by atoms with Crippen LogP contribution in [0.4, 0.5) is 0 Å². The van der Waals surface area contributed by atoms with Gasteiger partial charge in [0.15, 0.2) is 0 Å². The molecule has 4 rings (SSSR count). The van der Waals surface area contributed by atoms with Crippen molar-refractivity contribution in [2.75, 3.05) is 0 Å². The minimum atomic E-state index is 0.328. The summed E-state index contributed by atoms with van der Waals surface area (Å²) < 4.78 is 0. The highest BCUT2D eigenvalue weighted by atomic mass is 14.6. The molecule has 1 saturated carbocycles. The number of benzene rings is 1.